The quantitative estimate of drug-likeness (QED) is 0.624. The third-order valence-corrected chi connectivity index (χ3v) is 7.06. The minimum absolute atomic E-state index is 0.0624. The van der Waals surface area contributed by atoms with Gasteiger partial charge in [-0.2, -0.15) is 0 Å². The van der Waals surface area contributed by atoms with E-state index in [1.807, 2.05) is 6.07 Å². The molecular formula is C20H15FN2O2S2. The Hall–Kier alpha value is -2.35. The van der Waals surface area contributed by atoms with Crippen molar-refractivity contribution in [1.82, 2.24) is 4.90 Å². The Labute approximate surface area is 163 Å². The summed E-state index contributed by atoms with van der Waals surface area (Å²) < 4.78 is 13.5. The zero-order valence-corrected chi connectivity index (χ0v) is 15.9. The van der Waals surface area contributed by atoms with Crippen molar-refractivity contribution in [2.45, 2.75) is 12.5 Å². The van der Waals surface area contributed by atoms with Crippen LogP contribution in [0.5, 0.6) is 0 Å². The molecule has 4 nitrogen and oxygen atoms in total. The fourth-order valence-corrected chi connectivity index (χ4v) is 5.68. The van der Waals surface area contributed by atoms with Gasteiger partial charge < -0.3 is 0 Å². The van der Waals surface area contributed by atoms with Crippen molar-refractivity contribution in [3.63, 3.8) is 0 Å². The summed E-state index contributed by atoms with van der Waals surface area (Å²) in [4.78, 5) is 31.2. The molecule has 0 fully saturated rings. The maximum Gasteiger partial charge on any atom is 0.300 e. The second-order valence-electron chi connectivity index (χ2n) is 6.64. The minimum Gasteiger partial charge on any atom is -0.291 e. The molecule has 7 heteroatoms. The van der Waals surface area contributed by atoms with Gasteiger partial charge in [-0.15, -0.1) is 22.7 Å². The Morgan fingerprint density at radius 1 is 1.11 bits per heavy atom. The van der Waals surface area contributed by atoms with Crippen molar-refractivity contribution >= 4 is 40.1 Å². The van der Waals surface area contributed by atoms with Gasteiger partial charge in [0.15, 0.2) is 0 Å². The molecule has 0 unspecified atom stereocenters. The summed E-state index contributed by atoms with van der Waals surface area (Å²) >= 11 is 3.45. The SMILES string of the molecule is O=C1C(=O)N(CN2CCc3sccc3[C@H]2c2cccs2)c2ccc(F)cc21. The number of amides is 1. The number of hydrogen-bond acceptors (Lipinski definition) is 5. The van der Waals surface area contributed by atoms with Crippen molar-refractivity contribution in [3.05, 3.63) is 73.9 Å². The lowest BCUT2D eigenvalue weighted by Gasteiger charge is -2.37. The average molecular weight is 398 g/mol. The summed E-state index contributed by atoms with van der Waals surface area (Å²) in [7, 11) is 0. The molecule has 0 saturated carbocycles. The highest BCUT2D eigenvalue weighted by atomic mass is 32.1. The molecule has 2 aromatic heterocycles. The number of carbonyl (C=O) groups excluding carboxylic acids is 2. The Balaban J connectivity index is 1.52. The molecule has 2 aliphatic heterocycles. The molecule has 0 saturated heterocycles. The normalized spacial score (nSPS) is 19.4. The zero-order valence-electron chi connectivity index (χ0n) is 14.2. The lowest BCUT2D eigenvalue weighted by molar-refractivity contribution is -0.114. The molecule has 5 rings (SSSR count). The molecule has 0 spiro atoms. The summed E-state index contributed by atoms with van der Waals surface area (Å²) in [5.41, 5.74) is 1.92. The topological polar surface area (TPSA) is 40.6 Å². The number of thiophene rings is 2. The van der Waals surface area contributed by atoms with Crippen LogP contribution in [0, 0.1) is 5.82 Å². The van der Waals surface area contributed by atoms with Crippen LogP contribution in [0.3, 0.4) is 0 Å². The van der Waals surface area contributed by atoms with Crippen LogP contribution >= 0.6 is 22.7 Å². The summed E-state index contributed by atoms with van der Waals surface area (Å²) in [5.74, 6) is -1.73. The minimum atomic E-state index is -0.634. The number of nitrogens with zero attached hydrogens (tertiary/aromatic N) is 2. The number of fused-ring (bicyclic) bond motifs is 2. The molecule has 1 aromatic carbocycles. The zero-order chi connectivity index (χ0) is 18.5. The highest BCUT2D eigenvalue weighted by Gasteiger charge is 2.39. The van der Waals surface area contributed by atoms with Crippen LogP contribution in [-0.2, 0) is 11.2 Å². The highest BCUT2D eigenvalue weighted by Crippen LogP contribution is 2.40. The molecule has 0 radical (unpaired) electrons. The van der Waals surface area contributed by atoms with Crippen LogP contribution in [-0.4, -0.2) is 29.8 Å². The van der Waals surface area contributed by atoms with Gasteiger partial charge in [-0.05, 0) is 53.1 Å². The summed E-state index contributed by atoms with van der Waals surface area (Å²) in [5, 5.41) is 4.16. The van der Waals surface area contributed by atoms with Crippen molar-refractivity contribution in [1.29, 1.82) is 0 Å². The second kappa shape index (κ2) is 6.37. The first kappa shape index (κ1) is 16.8. The lowest BCUT2D eigenvalue weighted by atomic mass is 9.99. The maximum absolute atomic E-state index is 13.5. The fourth-order valence-electron chi connectivity index (χ4n) is 3.90. The number of anilines is 1. The first-order valence-corrected chi connectivity index (χ1v) is 10.4. The van der Waals surface area contributed by atoms with Gasteiger partial charge in [-0.3, -0.25) is 19.4 Å². The Morgan fingerprint density at radius 3 is 2.81 bits per heavy atom. The van der Waals surface area contributed by atoms with Gasteiger partial charge in [-0.1, -0.05) is 6.07 Å². The van der Waals surface area contributed by atoms with E-state index in [-0.39, 0.29) is 11.6 Å². The molecule has 27 heavy (non-hydrogen) atoms. The standard InChI is InChI=1S/C20H15FN2O2S2/c21-12-3-4-15-14(10-12)19(24)20(25)23(15)11-22-7-5-16-13(6-9-27-16)18(22)17-2-1-8-26-17/h1-4,6,8-10,18H,5,7,11H2/t18-/m0/s1. The smallest absolute Gasteiger partial charge is 0.291 e. The van der Waals surface area contributed by atoms with E-state index in [4.69, 9.17) is 0 Å². The average Bonchev–Trinajstić information content (AvgIpc) is 3.39. The van der Waals surface area contributed by atoms with Crippen LogP contribution in [0.15, 0.2) is 47.2 Å². The van der Waals surface area contributed by atoms with E-state index in [1.165, 1.54) is 32.4 Å². The molecule has 4 heterocycles. The van der Waals surface area contributed by atoms with Crippen molar-refractivity contribution in [2.24, 2.45) is 0 Å². The van der Waals surface area contributed by atoms with Gasteiger partial charge in [-0.25, -0.2) is 4.39 Å². The molecule has 1 amide bonds. The predicted molar refractivity (Wildman–Crippen MR) is 104 cm³/mol. The number of hydrogen-bond donors (Lipinski definition) is 0. The molecule has 0 N–H and O–H groups in total. The van der Waals surface area contributed by atoms with E-state index >= 15 is 0 Å². The third kappa shape index (κ3) is 2.65. The van der Waals surface area contributed by atoms with Crippen LogP contribution in [0.25, 0.3) is 0 Å². The molecule has 0 bridgehead atoms. The first-order valence-electron chi connectivity index (χ1n) is 8.63. The highest BCUT2D eigenvalue weighted by molar-refractivity contribution is 7.10. The predicted octanol–water partition coefficient (Wildman–Crippen LogP) is 4.08. The van der Waals surface area contributed by atoms with E-state index in [0.717, 1.165) is 19.0 Å². The van der Waals surface area contributed by atoms with E-state index in [2.05, 4.69) is 27.8 Å². The van der Waals surface area contributed by atoms with Crippen molar-refractivity contribution < 1.29 is 14.0 Å². The van der Waals surface area contributed by atoms with Gasteiger partial charge in [0.25, 0.3) is 5.78 Å². The number of halogens is 1. The fraction of sp³-hybridized carbons (Fsp3) is 0.200. The summed E-state index contributed by atoms with van der Waals surface area (Å²) in [6.45, 7) is 1.10. The largest absolute Gasteiger partial charge is 0.300 e. The van der Waals surface area contributed by atoms with Crippen LogP contribution in [0.2, 0.25) is 0 Å². The van der Waals surface area contributed by atoms with Gasteiger partial charge in [0.1, 0.15) is 5.82 Å². The van der Waals surface area contributed by atoms with E-state index in [9.17, 15) is 14.0 Å². The maximum atomic E-state index is 13.5. The summed E-state index contributed by atoms with van der Waals surface area (Å²) in [6.07, 6.45) is 0.918. The Morgan fingerprint density at radius 2 is 2.00 bits per heavy atom. The van der Waals surface area contributed by atoms with Crippen LogP contribution < -0.4 is 4.90 Å². The monoisotopic (exact) mass is 398 g/mol. The number of Topliss-reactive ketones (excluding diaryl/α,β-unsaturated/α-hetero) is 1. The van der Waals surface area contributed by atoms with Crippen LogP contribution in [0.4, 0.5) is 10.1 Å². The van der Waals surface area contributed by atoms with Crippen molar-refractivity contribution in [2.75, 3.05) is 18.1 Å². The number of ketones is 1. The second-order valence-corrected chi connectivity index (χ2v) is 8.62. The van der Waals surface area contributed by atoms with Gasteiger partial charge in [0, 0.05) is 16.3 Å². The van der Waals surface area contributed by atoms with Gasteiger partial charge >= 0.3 is 5.91 Å². The van der Waals surface area contributed by atoms with E-state index < -0.39 is 17.5 Å². The van der Waals surface area contributed by atoms with E-state index in [0.29, 0.717) is 12.4 Å². The third-order valence-electron chi connectivity index (χ3n) is 5.13. The lowest BCUT2D eigenvalue weighted by Crippen LogP contribution is -2.45. The van der Waals surface area contributed by atoms with E-state index in [1.54, 1.807) is 22.7 Å². The Bertz CT molecular complexity index is 1040. The molecule has 2 aliphatic rings. The van der Waals surface area contributed by atoms with Crippen molar-refractivity contribution in [3.8, 4) is 0 Å². The first-order chi connectivity index (χ1) is 13.1. The number of carbonyl (C=O) groups is 2. The molecular weight excluding hydrogens is 383 g/mol. The van der Waals surface area contributed by atoms with Gasteiger partial charge in [0.05, 0.1) is 24.0 Å². The van der Waals surface area contributed by atoms with Crippen LogP contribution in [0.1, 0.15) is 31.7 Å². The number of rotatable bonds is 3. The van der Waals surface area contributed by atoms with Gasteiger partial charge in [0.2, 0.25) is 0 Å². The summed E-state index contributed by atoms with van der Waals surface area (Å²) in [6, 6.07) is 10.3. The molecule has 1 atom stereocenters. The molecule has 0 aliphatic carbocycles. The molecule has 3 aromatic rings. The Kier molecular flexibility index (Phi) is 3.96. The number of benzene rings is 1. The molecule has 136 valence electrons.